The van der Waals surface area contributed by atoms with Gasteiger partial charge in [0.15, 0.2) is 0 Å². The summed E-state index contributed by atoms with van der Waals surface area (Å²) < 4.78 is 1.82. The number of hydrogen-bond donors (Lipinski definition) is 0. The summed E-state index contributed by atoms with van der Waals surface area (Å²) in [6.45, 7) is 0. The molecule has 0 aliphatic heterocycles. The van der Waals surface area contributed by atoms with Crippen molar-refractivity contribution in [1.82, 2.24) is 19.7 Å². The zero-order chi connectivity index (χ0) is 12.5. The third-order valence-electron chi connectivity index (χ3n) is 2.76. The van der Waals surface area contributed by atoms with E-state index in [0.717, 1.165) is 28.6 Å². The van der Waals surface area contributed by atoms with Gasteiger partial charge in [-0.3, -0.25) is 4.68 Å². The van der Waals surface area contributed by atoms with Crippen LogP contribution < -0.4 is 0 Å². The van der Waals surface area contributed by atoms with Crippen LogP contribution in [0.5, 0.6) is 0 Å². The number of hydrogen-bond acceptors (Lipinski definition) is 3. The van der Waals surface area contributed by atoms with Gasteiger partial charge in [0.1, 0.15) is 0 Å². The third kappa shape index (κ3) is 2.19. The maximum Gasteiger partial charge on any atom is 0.222 e. The first-order valence-corrected chi connectivity index (χ1v) is 5.98. The fourth-order valence-corrected chi connectivity index (χ4v) is 2.14. The second-order valence-corrected chi connectivity index (χ2v) is 4.53. The molecule has 2 heterocycles. The van der Waals surface area contributed by atoms with E-state index >= 15 is 0 Å². The topological polar surface area (TPSA) is 43.6 Å². The van der Waals surface area contributed by atoms with Crippen LogP contribution >= 0.6 is 11.6 Å². The van der Waals surface area contributed by atoms with Crippen LogP contribution in [0.15, 0.2) is 36.7 Å². The molecule has 1 aromatic carbocycles. The van der Waals surface area contributed by atoms with Crippen molar-refractivity contribution in [3.05, 3.63) is 53.2 Å². The van der Waals surface area contributed by atoms with Gasteiger partial charge < -0.3 is 0 Å². The van der Waals surface area contributed by atoms with Crippen molar-refractivity contribution in [3.8, 4) is 0 Å². The molecular weight excluding hydrogens is 248 g/mol. The highest BCUT2D eigenvalue weighted by Crippen LogP contribution is 2.16. The van der Waals surface area contributed by atoms with Gasteiger partial charge in [-0.1, -0.05) is 12.1 Å². The fourth-order valence-electron chi connectivity index (χ4n) is 1.97. The first kappa shape index (κ1) is 11.2. The van der Waals surface area contributed by atoms with Crippen molar-refractivity contribution in [2.45, 2.75) is 6.42 Å². The summed E-state index contributed by atoms with van der Waals surface area (Å²) in [7, 11) is 1.92. The molecule has 0 aliphatic rings. The van der Waals surface area contributed by atoms with Crippen molar-refractivity contribution in [2.24, 2.45) is 7.05 Å². The maximum absolute atomic E-state index is 5.77. The molecule has 4 nitrogen and oxygen atoms in total. The summed E-state index contributed by atoms with van der Waals surface area (Å²) in [5.41, 5.74) is 3.07. The van der Waals surface area contributed by atoms with Crippen molar-refractivity contribution in [2.75, 3.05) is 0 Å². The van der Waals surface area contributed by atoms with Crippen LogP contribution in [0.1, 0.15) is 11.3 Å². The molecule has 0 atom stereocenters. The molecule has 0 radical (unpaired) electrons. The summed E-state index contributed by atoms with van der Waals surface area (Å²) in [5, 5.41) is 5.82. The number of aromatic nitrogens is 4. The predicted molar refractivity (Wildman–Crippen MR) is 70.6 cm³/mol. The first-order chi connectivity index (χ1) is 8.70. The Hall–Kier alpha value is -1.94. The summed E-state index contributed by atoms with van der Waals surface area (Å²) in [4.78, 5) is 8.06. The Labute approximate surface area is 109 Å². The number of aryl methyl sites for hydroxylation is 1. The van der Waals surface area contributed by atoms with E-state index in [4.69, 9.17) is 11.6 Å². The zero-order valence-corrected chi connectivity index (χ0v) is 10.6. The Balaban J connectivity index is 1.94. The standard InChI is InChI=1S/C13H11ClN4/c1-18-8-10-3-2-9(7-12(10)17-18)6-11-4-5-15-13(14)16-11/h2-5,7-8H,6H2,1H3. The SMILES string of the molecule is Cn1cc2ccc(Cc3ccnc(Cl)n3)cc2n1. The van der Waals surface area contributed by atoms with E-state index in [2.05, 4.69) is 33.3 Å². The van der Waals surface area contributed by atoms with Gasteiger partial charge in [0.2, 0.25) is 5.28 Å². The van der Waals surface area contributed by atoms with Crippen LogP contribution in [0.25, 0.3) is 10.9 Å². The number of rotatable bonds is 2. The Morgan fingerprint density at radius 1 is 1.28 bits per heavy atom. The van der Waals surface area contributed by atoms with Gasteiger partial charge in [0.05, 0.1) is 5.52 Å². The lowest BCUT2D eigenvalue weighted by molar-refractivity contribution is 0.779. The second-order valence-electron chi connectivity index (χ2n) is 4.19. The highest BCUT2D eigenvalue weighted by Gasteiger charge is 2.03. The van der Waals surface area contributed by atoms with Gasteiger partial charge >= 0.3 is 0 Å². The molecule has 0 unspecified atom stereocenters. The van der Waals surface area contributed by atoms with E-state index in [1.54, 1.807) is 6.20 Å². The van der Waals surface area contributed by atoms with Gasteiger partial charge in [-0.25, -0.2) is 9.97 Å². The maximum atomic E-state index is 5.77. The average Bonchev–Trinajstić information content (AvgIpc) is 2.68. The first-order valence-electron chi connectivity index (χ1n) is 5.60. The van der Waals surface area contributed by atoms with Crippen LogP contribution in [0.3, 0.4) is 0 Å². The second kappa shape index (κ2) is 4.38. The molecule has 18 heavy (non-hydrogen) atoms. The third-order valence-corrected chi connectivity index (χ3v) is 2.94. The van der Waals surface area contributed by atoms with Crippen LogP contribution in [-0.4, -0.2) is 19.7 Å². The van der Waals surface area contributed by atoms with Crippen LogP contribution in [-0.2, 0) is 13.5 Å². The molecule has 0 spiro atoms. The molecule has 90 valence electrons. The number of fused-ring (bicyclic) bond motifs is 1. The lowest BCUT2D eigenvalue weighted by atomic mass is 10.1. The fraction of sp³-hybridized carbons (Fsp3) is 0.154. The monoisotopic (exact) mass is 258 g/mol. The summed E-state index contributed by atoms with van der Waals surface area (Å²) in [5.74, 6) is 0. The molecule has 0 saturated heterocycles. The largest absolute Gasteiger partial charge is 0.275 e. The van der Waals surface area contributed by atoms with E-state index in [0.29, 0.717) is 0 Å². The average molecular weight is 259 g/mol. The Kier molecular flexibility index (Phi) is 2.72. The predicted octanol–water partition coefficient (Wildman–Crippen LogP) is 2.61. The van der Waals surface area contributed by atoms with Crippen molar-refractivity contribution in [1.29, 1.82) is 0 Å². The molecule has 0 fully saturated rings. The number of nitrogens with zero attached hydrogens (tertiary/aromatic N) is 4. The van der Waals surface area contributed by atoms with E-state index in [9.17, 15) is 0 Å². The molecule has 3 aromatic rings. The van der Waals surface area contributed by atoms with Gasteiger partial charge in [-0.15, -0.1) is 0 Å². The van der Waals surface area contributed by atoms with Crippen LogP contribution in [0.2, 0.25) is 5.28 Å². The van der Waals surface area contributed by atoms with Crippen molar-refractivity contribution >= 4 is 22.5 Å². The molecule has 3 rings (SSSR count). The van der Waals surface area contributed by atoms with Crippen molar-refractivity contribution in [3.63, 3.8) is 0 Å². The summed E-state index contributed by atoms with van der Waals surface area (Å²) in [6, 6.07) is 8.10. The minimum absolute atomic E-state index is 0.284. The quantitative estimate of drug-likeness (QED) is 0.664. The molecule has 0 bridgehead atoms. The highest BCUT2D eigenvalue weighted by molar-refractivity contribution is 6.28. The molecule has 2 aromatic heterocycles. The number of benzene rings is 1. The minimum Gasteiger partial charge on any atom is -0.275 e. The van der Waals surface area contributed by atoms with Crippen LogP contribution in [0.4, 0.5) is 0 Å². The summed E-state index contributed by atoms with van der Waals surface area (Å²) in [6.07, 6.45) is 4.40. The molecule has 0 amide bonds. The zero-order valence-electron chi connectivity index (χ0n) is 9.84. The van der Waals surface area contributed by atoms with Crippen molar-refractivity contribution < 1.29 is 0 Å². The molecule has 0 saturated carbocycles. The number of halogens is 1. The molecule has 5 heteroatoms. The molecule has 0 aliphatic carbocycles. The Bertz CT molecular complexity index is 705. The van der Waals surface area contributed by atoms with E-state index < -0.39 is 0 Å². The van der Waals surface area contributed by atoms with Gasteiger partial charge in [0, 0.05) is 36.9 Å². The smallest absolute Gasteiger partial charge is 0.222 e. The van der Waals surface area contributed by atoms with Gasteiger partial charge in [0.25, 0.3) is 0 Å². The Morgan fingerprint density at radius 3 is 3.00 bits per heavy atom. The highest BCUT2D eigenvalue weighted by atomic mass is 35.5. The lowest BCUT2D eigenvalue weighted by Crippen LogP contribution is -1.93. The van der Waals surface area contributed by atoms with Gasteiger partial charge in [-0.2, -0.15) is 5.10 Å². The van der Waals surface area contributed by atoms with E-state index in [1.807, 2.05) is 24.0 Å². The summed E-state index contributed by atoms with van der Waals surface area (Å²) >= 11 is 5.77. The Morgan fingerprint density at radius 2 is 2.17 bits per heavy atom. The lowest BCUT2D eigenvalue weighted by Gasteiger charge is -2.01. The van der Waals surface area contributed by atoms with E-state index in [-0.39, 0.29) is 5.28 Å². The van der Waals surface area contributed by atoms with E-state index in [1.165, 1.54) is 0 Å². The molecule has 0 N–H and O–H groups in total. The van der Waals surface area contributed by atoms with Crippen LogP contribution in [0, 0.1) is 0 Å². The normalized spacial score (nSPS) is 11.0. The minimum atomic E-state index is 0.284. The van der Waals surface area contributed by atoms with Gasteiger partial charge in [-0.05, 0) is 29.3 Å². The molecular formula is C13H11ClN4.